The number of aryl methyl sites for hydroxylation is 2. The minimum Gasteiger partial charge on any atom is -0.289 e. The van der Waals surface area contributed by atoms with Gasteiger partial charge in [-0.3, -0.25) is 4.79 Å². The van der Waals surface area contributed by atoms with Gasteiger partial charge in [0, 0.05) is 5.56 Å². The number of carbonyl (C=O) groups excluding carboxylic acids is 1. The van der Waals surface area contributed by atoms with Gasteiger partial charge in [0.25, 0.3) is 0 Å². The van der Waals surface area contributed by atoms with Gasteiger partial charge in [-0.2, -0.15) is 0 Å². The lowest BCUT2D eigenvalue weighted by molar-refractivity contribution is 0.104. The molecule has 1 nitrogen and oxygen atoms in total. The summed E-state index contributed by atoms with van der Waals surface area (Å²) in [6.07, 6.45) is 9.90. The van der Waals surface area contributed by atoms with E-state index in [0.29, 0.717) is 0 Å². The van der Waals surface area contributed by atoms with E-state index in [4.69, 9.17) is 0 Å². The van der Waals surface area contributed by atoms with E-state index < -0.39 is 0 Å². The Morgan fingerprint density at radius 3 is 2.10 bits per heavy atom. The summed E-state index contributed by atoms with van der Waals surface area (Å²) in [5.74, 6) is 0.0624. The SMILES string of the molecule is CC(C)=CCc1cc(/C=C/C(=O)c2ccc(C)c(CC=C(C)C)c2C)ccc1C. The second-order valence-electron chi connectivity index (χ2n) is 8.39. The molecule has 0 fully saturated rings. The first kappa shape index (κ1) is 22.6. The van der Waals surface area contributed by atoms with Gasteiger partial charge in [0.2, 0.25) is 0 Å². The van der Waals surface area contributed by atoms with Gasteiger partial charge >= 0.3 is 0 Å². The molecule has 2 aromatic carbocycles. The van der Waals surface area contributed by atoms with E-state index in [-0.39, 0.29) is 5.78 Å². The maximum absolute atomic E-state index is 12.9. The molecule has 0 spiro atoms. The van der Waals surface area contributed by atoms with Crippen molar-refractivity contribution < 1.29 is 4.79 Å². The average Bonchev–Trinajstić information content (AvgIpc) is 2.65. The zero-order valence-corrected chi connectivity index (χ0v) is 19.0. The van der Waals surface area contributed by atoms with Crippen LogP contribution >= 0.6 is 0 Å². The number of hydrogen-bond donors (Lipinski definition) is 0. The summed E-state index contributed by atoms with van der Waals surface area (Å²) >= 11 is 0. The third kappa shape index (κ3) is 6.42. The molecule has 0 radical (unpaired) electrons. The van der Waals surface area contributed by atoms with Gasteiger partial charge in [0.15, 0.2) is 5.78 Å². The van der Waals surface area contributed by atoms with Crippen LogP contribution in [-0.4, -0.2) is 5.78 Å². The molecular formula is C28H34O. The quantitative estimate of drug-likeness (QED) is 0.273. The number of benzene rings is 2. The normalized spacial score (nSPS) is 10.9. The minimum atomic E-state index is 0.0624. The molecule has 152 valence electrons. The summed E-state index contributed by atoms with van der Waals surface area (Å²) in [5.41, 5.74) is 10.6. The summed E-state index contributed by atoms with van der Waals surface area (Å²) in [6, 6.07) is 10.4. The van der Waals surface area contributed by atoms with E-state index in [1.807, 2.05) is 12.1 Å². The van der Waals surface area contributed by atoms with Gasteiger partial charge in [0.1, 0.15) is 0 Å². The van der Waals surface area contributed by atoms with Gasteiger partial charge in [0.05, 0.1) is 0 Å². The molecule has 2 rings (SSSR count). The molecule has 0 heterocycles. The third-order valence-corrected chi connectivity index (χ3v) is 5.34. The maximum atomic E-state index is 12.9. The highest BCUT2D eigenvalue weighted by Crippen LogP contribution is 2.21. The molecule has 0 saturated heterocycles. The Kier molecular flexibility index (Phi) is 7.96. The fourth-order valence-corrected chi connectivity index (χ4v) is 3.37. The van der Waals surface area contributed by atoms with Crippen LogP contribution in [-0.2, 0) is 12.8 Å². The number of allylic oxidation sites excluding steroid dienone is 5. The highest BCUT2D eigenvalue weighted by Gasteiger charge is 2.11. The van der Waals surface area contributed by atoms with Gasteiger partial charge < -0.3 is 0 Å². The maximum Gasteiger partial charge on any atom is 0.186 e. The van der Waals surface area contributed by atoms with Gasteiger partial charge in [-0.25, -0.2) is 0 Å². The highest BCUT2D eigenvalue weighted by atomic mass is 16.1. The fourth-order valence-electron chi connectivity index (χ4n) is 3.37. The van der Waals surface area contributed by atoms with Gasteiger partial charge in [-0.05, 0) is 101 Å². The van der Waals surface area contributed by atoms with E-state index in [2.05, 4.69) is 84.9 Å². The molecule has 0 aliphatic carbocycles. The summed E-state index contributed by atoms with van der Waals surface area (Å²) in [4.78, 5) is 12.9. The molecule has 0 bridgehead atoms. The van der Waals surface area contributed by atoms with Crippen LogP contribution in [0.15, 0.2) is 59.7 Å². The van der Waals surface area contributed by atoms with E-state index >= 15 is 0 Å². The lowest BCUT2D eigenvalue weighted by atomic mass is 9.92. The van der Waals surface area contributed by atoms with Crippen LogP contribution in [0.3, 0.4) is 0 Å². The Labute approximate surface area is 176 Å². The van der Waals surface area contributed by atoms with Crippen molar-refractivity contribution in [3.63, 3.8) is 0 Å². The van der Waals surface area contributed by atoms with Crippen LogP contribution < -0.4 is 0 Å². The van der Waals surface area contributed by atoms with Crippen molar-refractivity contribution in [1.29, 1.82) is 0 Å². The minimum absolute atomic E-state index is 0.0624. The van der Waals surface area contributed by atoms with Crippen LogP contribution in [0.4, 0.5) is 0 Å². The molecule has 1 heteroatoms. The van der Waals surface area contributed by atoms with Crippen molar-refractivity contribution in [2.24, 2.45) is 0 Å². The van der Waals surface area contributed by atoms with Crippen LogP contribution in [0.1, 0.15) is 71.4 Å². The third-order valence-electron chi connectivity index (χ3n) is 5.34. The monoisotopic (exact) mass is 386 g/mol. The molecule has 0 aliphatic heterocycles. The molecule has 0 saturated carbocycles. The largest absolute Gasteiger partial charge is 0.289 e. The highest BCUT2D eigenvalue weighted by molar-refractivity contribution is 6.08. The average molecular weight is 387 g/mol. The van der Waals surface area contributed by atoms with Crippen molar-refractivity contribution in [1.82, 2.24) is 0 Å². The molecule has 0 atom stereocenters. The summed E-state index contributed by atoms with van der Waals surface area (Å²) in [6.45, 7) is 14.8. The first-order chi connectivity index (χ1) is 13.7. The Morgan fingerprint density at radius 1 is 0.828 bits per heavy atom. The standard InChI is InChI=1S/C28H34O/c1-19(2)8-14-25-18-24(12-10-21(25)5)13-17-28(29)27-16-11-22(6)26(23(27)7)15-9-20(3)4/h8-13,16-18H,14-15H2,1-7H3/b17-13+. The summed E-state index contributed by atoms with van der Waals surface area (Å²) < 4.78 is 0. The van der Waals surface area contributed by atoms with Crippen LogP contribution in [0.5, 0.6) is 0 Å². The Balaban J connectivity index is 2.27. The first-order valence-electron chi connectivity index (χ1n) is 10.4. The second-order valence-corrected chi connectivity index (χ2v) is 8.39. The fraction of sp³-hybridized carbons (Fsp3) is 0.321. The number of rotatable bonds is 7. The van der Waals surface area contributed by atoms with Gasteiger partial charge in [-0.1, -0.05) is 59.7 Å². The zero-order valence-electron chi connectivity index (χ0n) is 19.0. The van der Waals surface area contributed by atoms with E-state index in [9.17, 15) is 4.79 Å². The Hall–Kier alpha value is -2.67. The molecule has 0 aliphatic rings. The van der Waals surface area contributed by atoms with Crippen LogP contribution in [0.25, 0.3) is 6.08 Å². The van der Waals surface area contributed by atoms with Crippen molar-refractivity contribution in [2.45, 2.75) is 61.3 Å². The number of ketones is 1. The van der Waals surface area contributed by atoms with E-state index in [1.165, 1.54) is 33.4 Å². The lowest BCUT2D eigenvalue weighted by Crippen LogP contribution is -2.03. The molecule has 29 heavy (non-hydrogen) atoms. The molecule has 2 aromatic rings. The molecule has 0 N–H and O–H groups in total. The topological polar surface area (TPSA) is 17.1 Å². The predicted octanol–water partition coefficient (Wildman–Crippen LogP) is 7.53. The smallest absolute Gasteiger partial charge is 0.186 e. The number of carbonyl (C=O) groups is 1. The molecule has 0 amide bonds. The lowest BCUT2D eigenvalue weighted by Gasteiger charge is -2.12. The second kappa shape index (κ2) is 10.2. The summed E-state index contributed by atoms with van der Waals surface area (Å²) in [7, 11) is 0. The molecular weight excluding hydrogens is 352 g/mol. The molecule has 0 aromatic heterocycles. The summed E-state index contributed by atoms with van der Waals surface area (Å²) in [5, 5.41) is 0. The molecule has 0 unspecified atom stereocenters. The first-order valence-corrected chi connectivity index (χ1v) is 10.4. The predicted molar refractivity (Wildman–Crippen MR) is 127 cm³/mol. The van der Waals surface area contributed by atoms with Crippen molar-refractivity contribution in [2.75, 3.05) is 0 Å². The van der Waals surface area contributed by atoms with Crippen LogP contribution in [0.2, 0.25) is 0 Å². The Morgan fingerprint density at radius 2 is 1.45 bits per heavy atom. The Bertz CT molecular complexity index is 976. The van der Waals surface area contributed by atoms with Crippen molar-refractivity contribution in [3.8, 4) is 0 Å². The number of hydrogen-bond acceptors (Lipinski definition) is 1. The van der Waals surface area contributed by atoms with E-state index in [0.717, 1.165) is 29.5 Å². The zero-order chi connectivity index (χ0) is 21.6. The van der Waals surface area contributed by atoms with Crippen molar-refractivity contribution in [3.05, 3.63) is 98.7 Å². The van der Waals surface area contributed by atoms with Crippen LogP contribution in [0, 0.1) is 20.8 Å². The van der Waals surface area contributed by atoms with Crippen molar-refractivity contribution >= 4 is 11.9 Å². The van der Waals surface area contributed by atoms with Gasteiger partial charge in [-0.15, -0.1) is 0 Å². The van der Waals surface area contributed by atoms with E-state index in [1.54, 1.807) is 6.08 Å².